The van der Waals surface area contributed by atoms with Crippen molar-refractivity contribution in [2.75, 3.05) is 47.2 Å². The number of hydrogen-bond donors (Lipinski definition) is 7. The highest BCUT2D eigenvalue weighted by atomic mass is 16.5. The van der Waals surface area contributed by atoms with Crippen LogP contribution in [0.3, 0.4) is 0 Å². The summed E-state index contributed by atoms with van der Waals surface area (Å²) in [5.41, 5.74) is 21.5. The van der Waals surface area contributed by atoms with Crippen LogP contribution in [-0.4, -0.2) is 69.4 Å². The fraction of sp³-hybridized carbons (Fsp3) is 0.344. The number of anilines is 1. The summed E-state index contributed by atoms with van der Waals surface area (Å²) in [5, 5.41) is 8.26. The molecule has 1 aromatic rings. The normalized spacial score (nSPS) is 15.5. The van der Waals surface area contributed by atoms with Gasteiger partial charge in [0.05, 0.1) is 24.2 Å². The molecule has 0 unspecified atom stereocenters. The van der Waals surface area contributed by atoms with Gasteiger partial charge in [-0.15, -0.1) is 0 Å². The smallest absolute Gasteiger partial charge is 0.271 e. The highest BCUT2D eigenvalue weighted by Gasteiger charge is 2.30. The second kappa shape index (κ2) is 15.9. The summed E-state index contributed by atoms with van der Waals surface area (Å²) >= 11 is 0. The molecule has 13 heteroatoms. The van der Waals surface area contributed by atoms with Crippen LogP contribution in [0.1, 0.15) is 31.7 Å². The molecule has 1 heterocycles. The number of benzene rings is 1. The maximum Gasteiger partial charge on any atom is 0.271 e. The second-order valence-corrected chi connectivity index (χ2v) is 10.8. The Balaban J connectivity index is 1.86. The van der Waals surface area contributed by atoms with Crippen molar-refractivity contribution in [2.24, 2.45) is 17.4 Å². The zero-order valence-electron chi connectivity index (χ0n) is 26.8. The first-order valence-electron chi connectivity index (χ1n) is 14.7. The number of hydrazine groups is 1. The number of hydrogen-bond acceptors (Lipinski definition) is 10. The van der Waals surface area contributed by atoms with E-state index < -0.39 is 5.91 Å². The summed E-state index contributed by atoms with van der Waals surface area (Å²) in [5.74, 6) is -0.490. The lowest BCUT2D eigenvalue weighted by molar-refractivity contribution is -0.126. The van der Waals surface area contributed by atoms with Crippen molar-refractivity contribution in [3.05, 3.63) is 88.8 Å². The van der Waals surface area contributed by atoms with Crippen LogP contribution >= 0.6 is 0 Å². The minimum absolute atomic E-state index is 0.0376. The van der Waals surface area contributed by atoms with Crippen molar-refractivity contribution in [1.29, 1.82) is 0 Å². The van der Waals surface area contributed by atoms with Gasteiger partial charge in [-0.25, -0.2) is 0 Å². The first-order chi connectivity index (χ1) is 21.5. The number of rotatable bonds is 14. The Bertz CT molecular complexity index is 1470. The predicted molar refractivity (Wildman–Crippen MR) is 176 cm³/mol. The number of likely N-dealkylation sites (N-methyl/N-ethyl adjacent to an activating group) is 2. The van der Waals surface area contributed by atoms with Crippen LogP contribution in [-0.2, 0) is 14.4 Å². The zero-order chi connectivity index (χ0) is 33.1. The first kappa shape index (κ1) is 34.2. The molecular formula is C32H45N9O4. The topological polar surface area (TPSA) is 179 Å². The molecule has 0 bridgehead atoms. The Morgan fingerprint density at radius 1 is 1.11 bits per heavy atom. The maximum atomic E-state index is 13.2. The van der Waals surface area contributed by atoms with Crippen LogP contribution in [0.25, 0.3) is 5.70 Å². The number of methoxy groups -OCH3 is 1. The van der Waals surface area contributed by atoms with Crippen molar-refractivity contribution >= 4 is 29.1 Å². The summed E-state index contributed by atoms with van der Waals surface area (Å²) in [6, 6.07) is 5.37. The quantitative estimate of drug-likeness (QED) is 0.119. The molecule has 1 fully saturated rings. The van der Waals surface area contributed by atoms with Crippen LogP contribution in [0, 0.1) is 5.92 Å². The van der Waals surface area contributed by atoms with E-state index in [0.717, 1.165) is 24.8 Å². The van der Waals surface area contributed by atoms with Crippen molar-refractivity contribution in [3.63, 3.8) is 0 Å². The Kier molecular flexibility index (Phi) is 12.1. The summed E-state index contributed by atoms with van der Waals surface area (Å²) in [6.45, 7) is 2.51. The zero-order valence-corrected chi connectivity index (χ0v) is 26.8. The first-order valence-corrected chi connectivity index (χ1v) is 14.7. The minimum Gasteiger partial charge on any atom is -0.494 e. The molecule has 0 radical (unpaired) electrons. The lowest BCUT2D eigenvalue weighted by Gasteiger charge is -2.25. The number of nitrogens with one attached hydrogen (secondary N) is 5. The SMILES string of the molecule is CC/C=C(/C=C\N(C)C)CN(C)C(=O)C1=CC=C(c2cccc(NC(/C=C(\N)NC(=O)C3CC3)=C(/N)C(=O)NC)c2OC)NN1. The molecule has 13 nitrogen and oxygen atoms in total. The van der Waals surface area contributed by atoms with E-state index in [9.17, 15) is 14.4 Å². The summed E-state index contributed by atoms with van der Waals surface area (Å²) in [6.07, 6.45) is 13.4. The molecule has 9 N–H and O–H groups in total. The molecule has 45 heavy (non-hydrogen) atoms. The molecule has 1 aliphatic carbocycles. The van der Waals surface area contributed by atoms with Crippen LogP contribution in [0.2, 0.25) is 0 Å². The van der Waals surface area contributed by atoms with E-state index in [0.29, 0.717) is 34.9 Å². The van der Waals surface area contributed by atoms with Crippen molar-refractivity contribution in [3.8, 4) is 5.75 Å². The van der Waals surface area contributed by atoms with Gasteiger partial charge in [-0.2, -0.15) is 0 Å². The Morgan fingerprint density at radius 3 is 2.42 bits per heavy atom. The number of carbonyl (C=O) groups excluding carboxylic acids is 3. The molecule has 0 spiro atoms. The van der Waals surface area contributed by atoms with E-state index in [-0.39, 0.29) is 34.9 Å². The molecule has 1 aromatic carbocycles. The number of nitrogens with two attached hydrogens (primary N) is 2. The molecule has 1 saturated carbocycles. The van der Waals surface area contributed by atoms with Gasteiger partial charge in [0, 0.05) is 52.3 Å². The molecule has 3 amide bonds. The average molecular weight is 620 g/mol. The summed E-state index contributed by atoms with van der Waals surface area (Å²) < 4.78 is 5.76. The van der Waals surface area contributed by atoms with Gasteiger partial charge in [0.25, 0.3) is 11.8 Å². The van der Waals surface area contributed by atoms with Crippen LogP contribution in [0.15, 0.2) is 83.3 Å². The van der Waals surface area contributed by atoms with Gasteiger partial charge in [-0.3, -0.25) is 25.2 Å². The van der Waals surface area contributed by atoms with Crippen molar-refractivity contribution in [1.82, 2.24) is 31.3 Å². The van der Waals surface area contributed by atoms with Gasteiger partial charge in [-0.05, 0) is 61.4 Å². The van der Waals surface area contributed by atoms with Crippen LogP contribution in [0.4, 0.5) is 5.69 Å². The molecule has 242 valence electrons. The minimum atomic E-state index is -0.538. The number of nitrogens with zero attached hydrogens (tertiary/aromatic N) is 2. The van der Waals surface area contributed by atoms with E-state index in [2.05, 4.69) is 39.8 Å². The number of para-hydroxylation sites is 1. The highest BCUT2D eigenvalue weighted by molar-refractivity contribution is 5.95. The third kappa shape index (κ3) is 9.58. The van der Waals surface area contributed by atoms with E-state index in [1.165, 1.54) is 20.2 Å². The maximum absolute atomic E-state index is 13.2. The molecule has 0 aromatic heterocycles. The molecule has 3 rings (SSSR count). The van der Waals surface area contributed by atoms with Gasteiger partial charge in [-0.1, -0.05) is 19.1 Å². The van der Waals surface area contributed by atoms with Crippen molar-refractivity contribution < 1.29 is 19.1 Å². The molecule has 1 aliphatic heterocycles. The summed E-state index contributed by atoms with van der Waals surface area (Å²) in [4.78, 5) is 41.4. The number of carbonyl (C=O) groups is 3. The Morgan fingerprint density at radius 2 is 1.84 bits per heavy atom. The van der Waals surface area contributed by atoms with E-state index in [4.69, 9.17) is 16.2 Å². The van der Waals surface area contributed by atoms with E-state index in [1.807, 2.05) is 37.3 Å². The fourth-order valence-corrected chi connectivity index (χ4v) is 4.34. The lowest BCUT2D eigenvalue weighted by Crippen LogP contribution is -2.41. The average Bonchev–Trinajstić information content (AvgIpc) is 3.88. The number of amides is 3. The second-order valence-electron chi connectivity index (χ2n) is 10.8. The fourth-order valence-electron chi connectivity index (χ4n) is 4.34. The van der Waals surface area contributed by atoms with Gasteiger partial charge < -0.3 is 42.0 Å². The van der Waals surface area contributed by atoms with Crippen molar-refractivity contribution in [2.45, 2.75) is 26.2 Å². The largest absolute Gasteiger partial charge is 0.494 e. The Labute approximate surface area is 264 Å². The molecule has 0 saturated heterocycles. The number of allylic oxidation sites excluding steroid dienone is 4. The lowest BCUT2D eigenvalue weighted by atomic mass is 10.1. The van der Waals surface area contributed by atoms with Gasteiger partial charge in [0.1, 0.15) is 17.2 Å². The summed E-state index contributed by atoms with van der Waals surface area (Å²) in [7, 11) is 8.62. The third-order valence-electron chi connectivity index (χ3n) is 6.85. The third-order valence-corrected chi connectivity index (χ3v) is 6.85. The standard InChI is InChI=1S/C32H45N9O4/c1-7-9-20(16-17-40(3)4)19-41(5)32(44)25-15-14-23(38-39-25)22-10-8-11-24(29(22)45-6)36-26(28(34)31(43)35-2)18-27(33)37-30(42)21-12-13-21/h8-11,14-18,21,36,38-39H,7,12-13,19,33-34H2,1-6H3,(H,35,43)(H,37,42)/b17-16-,20-9-,27-18+,28-26+. The van der Waals surface area contributed by atoms with Gasteiger partial charge >= 0.3 is 0 Å². The van der Waals surface area contributed by atoms with E-state index in [1.54, 1.807) is 36.2 Å². The van der Waals surface area contributed by atoms with E-state index >= 15 is 0 Å². The molecule has 0 atom stereocenters. The molecule has 2 aliphatic rings. The van der Waals surface area contributed by atoms with Crippen LogP contribution in [0.5, 0.6) is 5.75 Å². The number of ether oxygens (including phenoxy) is 1. The predicted octanol–water partition coefficient (Wildman–Crippen LogP) is 1.55. The monoisotopic (exact) mass is 619 g/mol. The highest BCUT2D eigenvalue weighted by Crippen LogP contribution is 2.34. The van der Waals surface area contributed by atoms with Crippen LogP contribution < -0.4 is 43.0 Å². The van der Waals surface area contributed by atoms with Gasteiger partial charge in [0.15, 0.2) is 5.75 Å². The Hall–Kier alpha value is -5.33. The van der Waals surface area contributed by atoms with Gasteiger partial charge in [0.2, 0.25) is 5.91 Å². The molecular weight excluding hydrogens is 574 g/mol.